The van der Waals surface area contributed by atoms with Gasteiger partial charge in [0.15, 0.2) is 5.50 Å². The van der Waals surface area contributed by atoms with Crippen molar-refractivity contribution in [2.45, 2.75) is 43.0 Å². The average molecular weight is 363 g/mol. The summed E-state index contributed by atoms with van der Waals surface area (Å²) in [5.41, 5.74) is 6.39. The Morgan fingerprint density at radius 3 is 3.05 bits per heavy atom. The Hall–Kier alpha value is -0.740. The highest BCUT2D eigenvalue weighted by molar-refractivity contribution is 9.10. The van der Waals surface area contributed by atoms with Crippen LogP contribution in [0.15, 0.2) is 39.4 Å². The van der Waals surface area contributed by atoms with Gasteiger partial charge in [0.25, 0.3) is 0 Å². The zero-order valence-corrected chi connectivity index (χ0v) is 14.6. The van der Waals surface area contributed by atoms with E-state index in [2.05, 4.69) is 51.9 Å². The minimum absolute atomic E-state index is 0.197. The first kappa shape index (κ1) is 13.9. The number of benzene rings is 1. The van der Waals surface area contributed by atoms with Crippen LogP contribution in [0.4, 0.5) is 0 Å². The van der Waals surface area contributed by atoms with E-state index < -0.39 is 0 Å². The van der Waals surface area contributed by atoms with E-state index in [-0.39, 0.29) is 5.50 Å². The van der Waals surface area contributed by atoms with Crippen LogP contribution >= 0.6 is 27.7 Å². The number of rotatable bonds is 1. The lowest BCUT2D eigenvalue weighted by molar-refractivity contribution is 0.390. The van der Waals surface area contributed by atoms with Gasteiger partial charge in [-0.3, -0.25) is 4.99 Å². The quantitative estimate of drug-likeness (QED) is 0.800. The topological polar surface area (TPSA) is 24.4 Å². The number of fused-ring (bicyclic) bond motifs is 3. The lowest BCUT2D eigenvalue weighted by Crippen LogP contribution is -2.37. The standard InChI is InChI=1S/C17H19BrN2S/c1-21-16-19-10-11-5-7-17(9-15(11)20-16)8-6-12-13(17)3-2-4-14(12)18/h2-4,10,16,19H,5-9H2,1H3. The molecule has 1 aromatic rings. The van der Waals surface area contributed by atoms with Gasteiger partial charge in [0.1, 0.15) is 0 Å². The Morgan fingerprint density at radius 2 is 2.19 bits per heavy atom. The van der Waals surface area contributed by atoms with Gasteiger partial charge in [-0.15, -0.1) is 11.8 Å². The molecule has 1 heterocycles. The molecule has 4 heteroatoms. The molecule has 2 aliphatic carbocycles. The third-order valence-corrected chi connectivity index (χ3v) is 6.62. The van der Waals surface area contributed by atoms with Crippen molar-refractivity contribution >= 4 is 33.4 Å². The summed E-state index contributed by atoms with van der Waals surface area (Å²) in [6.45, 7) is 0. The van der Waals surface area contributed by atoms with Gasteiger partial charge in [0.2, 0.25) is 0 Å². The van der Waals surface area contributed by atoms with Gasteiger partial charge in [-0.1, -0.05) is 28.1 Å². The molecule has 4 rings (SSSR count). The fourth-order valence-electron chi connectivity index (χ4n) is 4.05. The summed E-state index contributed by atoms with van der Waals surface area (Å²) in [6.07, 6.45) is 10.3. The molecule has 0 radical (unpaired) electrons. The van der Waals surface area contributed by atoms with Crippen LogP contribution in [0, 0.1) is 0 Å². The molecule has 1 fully saturated rings. The predicted octanol–water partition coefficient (Wildman–Crippen LogP) is 4.39. The molecular weight excluding hydrogens is 344 g/mol. The highest BCUT2D eigenvalue weighted by Crippen LogP contribution is 2.50. The smallest absolute Gasteiger partial charge is 0.166 e. The van der Waals surface area contributed by atoms with E-state index in [1.807, 2.05) is 0 Å². The fraction of sp³-hybridized carbons (Fsp3) is 0.471. The van der Waals surface area contributed by atoms with Crippen molar-refractivity contribution < 1.29 is 0 Å². The van der Waals surface area contributed by atoms with Crippen LogP contribution in [0.5, 0.6) is 0 Å². The zero-order valence-electron chi connectivity index (χ0n) is 12.2. The van der Waals surface area contributed by atoms with E-state index in [0.717, 1.165) is 12.8 Å². The number of hydrogen-bond donors (Lipinski definition) is 1. The van der Waals surface area contributed by atoms with Gasteiger partial charge < -0.3 is 5.32 Å². The van der Waals surface area contributed by atoms with E-state index in [1.54, 1.807) is 17.3 Å². The first-order valence-corrected chi connectivity index (χ1v) is 9.63. The van der Waals surface area contributed by atoms with Crippen LogP contribution in [-0.4, -0.2) is 17.5 Å². The van der Waals surface area contributed by atoms with Gasteiger partial charge in [0.05, 0.1) is 0 Å². The molecule has 2 unspecified atom stereocenters. The second kappa shape index (κ2) is 5.17. The van der Waals surface area contributed by atoms with E-state index >= 15 is 0 Å². The molecule has 1 aliphatic heterocycles. The maximum Gasteiger partial charge on any atom is 0.166 e. The molecule has 1 spiro atoms. The number of nitrogens with zero attached hydrogens (tertiary/aromatic N) is 1. The Labute approximate surface area is 138 Å². The third-order valence-electron chi connectivity index (χ3n) is 5.19. The van der Waals surface area contributed by atoms with Gasteiger partial charge in [-0.2, -0.15) is 0 Å². The van der Waals surface area contributed by atoms with Gasteiger partial charge in [0, 0.05) is 21.8 Å². The number of halogens is 1. The Morgan fingerprint density at radius 1 is 1.33 bits per heavy atom. The number of thioether (sulfide) groups is 1. The number of allylic oxidation sites excluding steroid dienone is 1. The number of hydrogen-bond acceptors (Lipinski definition) is 3. The van der Waals surface area contributed by atoms with Crippen LogP contribution in [0.1, 0.15) is 36.8 Å². The zero-order chi connectivity index (χ0) is 14.4. The van der Waals surface area contributed by atoms with Crippen LogP contribution in [0.25, 0.3) is 0 Å². The maximum atomic E-state index is 4.93. The van der Waals surface area contributed by atoms with E-state index in [9.17, 15) is 0 Å². The first-order chi connectivity index (χ1) is 10.2. The van der Waals surface area contributed by atoms with Gasteiger partial charge in [-0.25, -0.2) is 0 Å². The van der Waals surface area contributed by atoms with Gasteiger partial charge in [-0.05, 0) is 61.1 Å². The summed E-state index contributed by atoms with van der Waals surface area (Å²) in [5, 5.41) is 3.38. The van der Waals surface area contributed by atoms with Crippen LogP contribution in [0.3, 0.4) is 0 Å². The molecule has 3 aliphatic rings. The molecule has 0 bridgehead atoms. The molecule has 21 heavy (non-hydrogen) atoms. The molecule has 2 nitrogen and oxygen atoms in total. The Kier molecular flexibility index (Phi) is 3.42. The molecule has 2 atom stereocenters. The second-order valence-electron chi connectivity index (χ2n) is 6.22. The van der Waals surface area contributed by atoms with E-state index in [4.69, 9.17) is 4.99 Å². The first-order valence-electron chi connectivity index (χ1n) is 7.55. The second-order valence-corrected chi connectivity index (χ2v) is 8.00. The van der Waals surface area contributed by atoms with Crippen LogP contribution in [-0.2, 0) is 11.8 Å². The fourth-order valence-corrected chi connectivity index (χ4v) is 5.05. The summed E-state index contributed by atoms with van der Waals surface area (Å²) in [5.74, 6) is 0. The molecule has 0 amide bonds. The third kappa shape index (κ3) is 2.18. The highest BCUT2D eigenvalue weighted by Gasteiger charge is 2.43. The SMILES string of the molecule is CSC1N=C2CC3(CCC2=CN1)CCc1c(Br)cccc13. The summed E-state index contributed by atoms with van der Waals surface area (Å²) in [4.78, 5) is 4.93. The Bertz CT molecular complexity index is 652. The molecular formula is C17H19BrN2S. The molecule has 1 saturated carbocycles. The molecule has 0 aromatic heterocycles. The van der Waals surface area contributed by atoms with Crippen molar-refractivity contribution in [3.05, 3.63) is 45.6 Å². The van der Waals surface area contributed by atoms with Crippen molar-refractivity contribution in [1.82, 2.24) is 5.32 Å². The van der Waals surface area contributed by atoms with Gasteiger partial charge >= 0.3 is 0 Å². The van der Waals surface area contributed by atoms with Crippen molar-refractivity contribution in [1.29, 1.82) is 0 Å². The monoisotopic (exact) mass is 362 g/mol. The Balaban J connectivity index is 1.72. The van der Waals surface area contributed by atoms with Crippen molar-refractivity contribution in [2.24, 2.45) is 4.99 Å². The number of aliphatic imine (C=N–C) groups is 1. The molecule has 110 valence electrons. The van der Waals surface area contributed by atoms with Crippen LogP contribution in [0.2, 0.25) is 0 Å². The summed E-state index contributed by atoms with van der Waals surface area (Å²) in [6, 6.07) is 6.71. The van der Waals surface area contributed by atoms with E-state index in [0.29, 0.717) is 5.41 Å². The predicted molar refractivity (Wildman–Crippen MR) is 93.9 cm³/mol. The largest absolute Gasteiger partial charge is 0.361 e. The average Bonchev–Trinajstić information content (AvgIpc) is 2.86. The van der Waals surface area contributed by atoms with Crippen LogP contribution < -0.4 is 5.32 Å². The molecule has 1 aromatic carbocycles. The van der Waals surface area contributed by atoms with E-state index in [1.165, 1.54) is 40.6 Å². The maximum absolute atomic E-state index is 4.93. The summed E-state index contributed by atoms with van der Waals surface area (Å²) in [7, 11) is 0. The molecule has 1 N–H and O–H groups in total. The summed E-state index contributed by atoms with van der Waals surface area (Å²) >= 11 is 5.50. The lowest BCUT2D eigenvalue weighted by Gasteiger charge is -2.38. The normalized spacial score (nSPS) is 30.3. The van der Waals surface area contributed by atoms with Crippen molar-refractivity contribution in [3.63, 3.8) is 0 Å². The minimum Gasteiger partial charge on any atom is -0.361 e. The highest BCUT2D eigenvalue weighted by atomic mass is 79.9. The molecule has 0 saturated heterocycles. The van der Waals surface area contributed by atoms with Crippen molar-refractivity contribution in [3.8, 4) is 0 Å². The minimum atomic E-state index is 0.197. The van der Waals surface area contributed by atoms with Crippen molar-refractivity contribution in [2.75, 3.05) is 6.26 Å². The summed E-state index contributed by atoms with van der Waals surface area (Å²) < 4.78 is 1.28. The number of nitrogens with one attached hydrogen (secondary N) is 1. The lowest BCUT2D eigenvalue weighted by atomic mass is 9.68.